The lowest BCUT2D eigenvalue weighted by Crippen LogP contribution is -2.51. The Morgan fingerprint density at radius 3 is 2.03 bits per heavy atom. The molecule has 0 saturated heterocycles. The van der Waals surface area contributed by atoms with Crippen molar-refractivity contribution in [1.29, 1.82) is 0 Å². The third-order valence-electron chi connectivity index (χ3n) is 6.31. The van der Waals surface area contributed by atoms with Gasteiger partial charge in [-0.25, -0.2) is 0 Å². The van der Waals surface area contributed by atoms with Gasteiger partial charge in [0.05, 0.1) is 0 Å². The van der Waals surface area contributed by atoms with Crippen LogP contribution in [0, 0.1) is 13.8 Å². The van der Waals surface area contributed by atoms with Crippen LogP contribution in [0.2, 0.25) is 0 Å². The standard InChI is InChI=1S/C27H36N2O2/c1-4-25(27(31)28-24-7-5-6-8-24)29(19-23-15-11-21(3)12-16-23)26(30)18-17-22-13-9-20(2)10-14-22/h9-16,24-25H,4-8,17-19H2,1-3H3,(H,28,31)/t25-/m1/s1. The van der Waals surface area contributed by atoms with Gasteiger partial charge >= 0.3 is 0 Å². The van der Waals surface area contributed by atoms with Crippen LogP contribution in [0.3, 0.4) is 0 Å². The molecule has 1 aliphatic rings. The second-order valence-corrected chi connectivity index (χ2v) is 8.91. The van der Waals surface area contributed by atoms with Crippen LogP contribution >= 0.6 is 0 Å². The van der Waals surface area contributed by atoms with Crippen LogP contribution in [0.15, 0.2) is 48.5 Å². The van der Waals surface area contributed by atoms with E-state index in [1.807, 2.05) is 6.92 Å². The van der Waals surface area contributed by atoms with Crippen molar-refractivity contribution in [2.45, 2.75) is 84.3 Å². The van der Waals surface area contributed by atoms with Gasteiger partial charge in [-0.1, -0.05) is 79.4 Å². The normalized spacial score (nSPS) is 14.9. The van der Waals surface area contributed by atoms with Crippen LogP contribution in [0.1, 0.15) is 67.7 Å². The van der Waals surface area contributed by atoms with Crippen molar-refractivity contribution in [3.8, 4) is 0 Å². The molecule has 2 amide bonds. The molecule has 0 spiro atoms. The average Bonchev–Trinajstić information content (AvgIpc) is 3.27. The van der Waals surface area contributed by atoms with Gasteiger partial charge in [0.25, 0.3) is 0 Å². The van der Waals surface area contributed by atoms with Crippen LogP contribution in [-0.4, -0.2) is 28.8 Å². The van der Waals surface area contributed by atoms with Crippen molar-refractivity contribution >= 4 is 11.8 Å². The molecule has 1 atom stereocenters. The second kappa shape index (κ2) is 11.1. The zero-order valence-electron chi connectivity index (χ0n) is 19.2. The fraction of sp³-hybridized carbons (Fsp3) is 0.481. The average molecular weight is 421 g/mol. The van der Waals surface area contributed by atoms with Gasteiger partial charge in [0.2, 0.25) is 11.8 Å². The number of nitrogens with one attached hydrogen (secondary N) is 1. The second-order valence-electron chi connectivity index (χ2n) is 8.91. The van der Waals surface area contributed by atoms with Gasteiger partial charge in [0.1, 0.15) is 6.04 Å². The zero-order valence-corrected chi connectivity index (χ0v) is 19.2. The van der Waals surface area contributed by atoms with Crippen molar-refractivity contribution in [1.82, 2.24) is 10.2 Å². The minimum atomic E-state index is -0.438. The molecule has 1 N–H and O–H groups in total. The number of rotatable bonds is 9. The first-order chi connectivity index (χ1) is 15.0. The lowest BCUT2D eigenvalue weighted by Gasteiger charge is -2.31. The monoisotopic (exact) mass is 420 g/mol. The summed E-state index contributed by atoms with van der Waals surface area (Å²) in [5.74, 6) is 0.0276. The smallest absolute Gasteiger partial charge is 0.243 e. The number of amides is 2. The van der Waals surface area contributed by atoms with Crippen LogP contribution in [0.4, 0.5) is 0 Å². The predicted octanol–water partition coefficient (Wildman–Crippen LogP) is 5.10. The van der Waals surface area contributed by atoms with Gasteiger partial charge in [0.15, 0.2) is 0 Å². The fourth-order valence-corrected chi connectivity index (χ4v) is 4.33. The molecule has 4 heteroatoms. The molecular formula is C27H36N2O2. The Kier molecular flexibility index (Phi) is 8.27. The molecule has 31 heavy (non-hydrogen) atoms. The van der Waals surface area contributed by atoms with Crippen molar-refractivity contribution in [3.05, 3.63) is 70.8 Å². The van der Waals surface area contributed by atoms with E-state index in [0.717, 1.165) is 24.0 Å². The van der Waals surface area contributed by atoms with E-state index in [1.165, 1.54) is 24.0 Å². The minimum absolute atomic E-state index is 0.00908. The lowest BCUT2D eigenvalue weighted by molar-refractivity contribution is -0.141. The molecule has 166 valence electrons. The van der Waals surface area contributed by atoms with Crippen LogP contribution in [0.25, 0.3) is 0 Å². The molecule has 3 rings (SSSR count). The summed E-state index contributed by atoms with van der Waals surface area (Å²) in [6, 6.07) is 16.4. The summed E-state index contributed by atoms with van der Waals surface area (Å²) in [5, 5.41) is 3.21. The largest absolute Gasteiger partial charge is 0.352 e. The third-order valence-corrected chi connectivity index (χ3v) is 6.31. The number of hydrogen-bond acceptors (Lipinski definition) is 2. The van der Waals surface area contributed by atoms with Crippen LogP contribution in [0.5, 0.6) is 0 Å². The molecule has 1 aliphatic carbocycles. The highest BCUT2D eigenvalue weighted by atomic mass is 16.2. The molecule has 0 aromatic heterocycles. The number of hydrogen-bond donors (Lipinski definition) is 1. The zero-order chi connectivity index (χ0) is 22.2. The Morgan fingerprint density at radius 2 is 1.48 bits per heavy atom. The van der Waals surface area contributed by atoms with E-state index >= 15 is 0 Å². The van der Waals surface area contributed by atoms with E-state index in [-0.39, 0.29) is 17.9 Å². The fourth-order valence-electron chi connectivity index (χ4n) is 4.33. The summed E-state index contributed by atoms with van der Waals surface area (Å²) in [4.78, 5) is 28.3. The Balaban J connectivity index is 1.74. The van der Waals surface area contributed by atoms with Gasteiger partial charge in [-0.2, -0.15) is 0 Å². The molecule has 1 fully saturated rings. The van der Waals surface area contributed by atoms with Gasteiger partial charge in [-0.15, -0.1) is 0 Å². The molecular weight excluding hydrogens is 384 g/mol. The summed E-state index contributed by atoms with van der Waals surface area (Å²) < 4.78 is 0. The molecule has 0 unspecified atom stereocenters. The Bertz CT molecular complexity index is 852. The van der Waals surface area contributed by atoms with E-state index < -0.39 is 6.04 Å². The number of nitrogens with zero attached hydrogens (tertiary/aromatic N) is 1. The van der Waals surface area contributed by atoms with Crippen molar-refractivity contribution in [2.24, 2.45) is 0 Å². The highest BCUT2D eigenvalue weighted by Crippen LogP contribution is 2.20. The maximum absolute atomic E-state index is 13.3. The Hall–Kier alpha value is -2.62. The minimum Gasteiger partial charge on any atom is -0.352 e. The Labute approximate surface area is 187 Å². The van der Waals surface area contributed by atoms with E-state index in [2.05, 4.69) is 67.7 Å². The molecule has 0 heterocycles. The summed E-state index contributed by atoms with van der Waals surface area (Å²) in [5.41, 5.74) is 4.61. The molecule has 0 aliphatic heterocycles. The van der Waals surface area contributed by atoms with E-state index in [0.29, 0.717) is 25.8 Å². The highest BCUT2D eigenvalue weighted by Gasteiger charge is 2.30. The van der Waals surface area contributed by atoms with E-state index in [9.17, 15) is 9.59 Å². The quantitative estimate of drug-likeness (QED) is 0.613. The van der Waals surface area contributed by atoms with Crippen molar-refractivity contribution in [2.75, 3.05) is 0 Å². The van der Waals surface area contributed by atoms with Gasteiger partial charge < -0.3 is 10.2 Å². The number of aryl methyl sites for hydroxylation is 3. The summed E-state index contributed by atoms with van der Waals surface area (Å²) in [6.45, 7) is 6.57. The molecule has 2 aromatic rings. The molecule has 2 aromatic carbocycles. The van der Waals surface area contributed by atoms with Crippen LogP contribution < -0.4 is 5.32 Å². The molecule has 0 bridgehead atoms. The Morgan fingerprint density at radius 1 is 0.935 bits per heavy atom. The topological polar surface area (TPSA) is 49.4 Å². The summed E-state index contributed by atoms with van der Waals surface area (Å²) in [6.07, 6.45) is 6.13. The first-order valence-electron chi connectivity index (χ1n) is 11.7. The van der Waals surface area contributed by atoms with Gasteiger partial charge in [0, 0.05) is 19.0 Å². The van der Waals surface area contributed by atoms with Crippen molar-refractivity contribution < 1.29 is 9.59 Å². The number of carbonyl (C=O) groups is 2. The van der Waals surface area contributed by atoms with E-state index in [4.69, 9.17) is 0 Å². The van der Waals surface area contributed by atoms with Crippen molar-refractivity contribution in [3.63, 3.8) is 0 Å². The molecule has 1 saturated carbocycles. The first-order valence-corrected chi connectivity index (χ1v) is 11.7. The molecule has 0 radical (unpaired) electrons. The SMILES string of the molecule is CC[C@H](C(=O)NC1CCCC1)N(Cc1ccc(C)cc1)C(=O)CCc1ccc(C)cc1. The van der Waals surface area contributed by atoms with Gasteiger partial charge in [-0.3, -0.25) is 9.59 Å². The van der Waals surface area contributed by atoms with Crippen LogP contribution in [-0.2, 0) is 22.6 Å². The van der Waals surface area contributed by atoms with E-state index in [1.54, 1.807) is 4.90 Å². The number of carbonyl (C=O) groups excluding carboxylic acids is 2. The third kappa shape index (κ3) is 6.68. The molecule has 4 nitrogen and oxygen atoms in total. The number of benzene rings is 2. The summed E-state index contributed by atoms with van der Waals surface area (Å²) in [7, 11) is 0. The maximum atomic E-state index is 13.3. The highest BCUT2D eigenvalue weighted by molar-refractivity contribution is 5.88. The lowest BCUT2D eigenvalue weighted by atomic mass is 10.0. The maximum Gasteiger partial charge on any atom is 0.243 e. The van der Waals surface area contributed by atoms with Gasteiger partial charge in [-0.05, 0) is 50.7 Å². The first kappa shape index (κ1) is 23.1. The summed E-state index contributed by atoms with van der Waals surface area (Å²) >= 11 is 0. The predicted molar refractivity (Wildman–Crippen MR) is 126 cm³/mol.